The summed E-state index contributed by atoms with van der Waals surface area (Å²) in [6.45, 7) is 8.44. The quantitative estimate of drug-likeness (QED) is 0.906. The molecule has 1 saturated heterocycles. The van der Waals surface area contributed by atoms with E-state index in [9.17, 15) is 4.79 Å². The van der Waals surface area contributed by atoms with Gasteiger partial charge in [-0.25, -0.2) is 9.78 Å². The third kappa shape index (κ3) is 3.65. The van der Waals surface area contributed by atoms with Gasteiger partial charge in [0.2, 0.25) is 0 Å². The van der Waals surface area contributed by atoms with Gasteiger partial charge in [0.1, 0.15) is 11.4 Å². The minimum atomic E-state index is -0.464. The second-order valence-corrected chi connectivity index (χ2v) is 6.52. The first-order chi connectivity index (χ1) is 9.81. The molecule has 0 bridgehead atoms. The number of rotatable bonds is 2. The molecule has 2 heterocycles. The van der Waals surface area contributed by atoms with Crippen molar-refractivity contribution in [1.82, 2.24) is 9.88 Å². The number of aryl methyl sites for hydroxylation is 1. The molecule has 1 aliphatic heterocycles. The molecule has 1 aliphatic rings. The Bertz CT molecular complexity index is 523. The van der Waals surface area contributed by atoms with Gasteiger partial charge in [-0.05, 0) is 57.7 Å². The van der Waals surface area contributed by atoms with Crippen LogP contribution in [0.4, 0.5) is 10.6 Å². The van der Waals surface area contributed by atoms with Crippen molar-refractivity contribution in [3.05, 3.63) is 23.4 Å². The first-order valence-electron chi connectivity index (χ1n) is 7.46. The Morgan fingerprint density at radius 1 is 1.48 bits per heavy atom. The zero-order chi connectivity index (χ0) is 15.6. The number of anilines is 1. The normalized spacial score (nSPS) is 18.7. The van der Waals surface area contributed by atoms with Crippen molar-refractivity contribution >= 4 is 11.9 Å². The molecule has 1 atom stereocenters. The average molecular weight is 291 g/mol. The van der Waals surface area contributed by atoms with Crippen LogP contribution in [0.15, 0.2) is 12.3 Å². The summed E-state index contributed by atoms with van der Waals surface area (Å²) in [5.41, 5.74) is 1.70. The Hall–Kier alpha value is -1.78. The number of pyridine rings is 1. The molecule has 1 N–H and O–H groups in total. The largest absolute Gasteiger partial charge is 0.444 e. The zero-order valence-electron chi connectivity index (χ0n) is 13.6. The van der Waals surface area contributed by atoms with Crippen molar-refractivity contribution in [1.29, 1.82) is 0 Å². The van der Waals surface area contributed by atoms with E-state index in [4.69, 9.17) is 4.74 Å². The molecule has 1 aromatic rings. The topological polar surface area (TPSA) is 54.5 Å². The summed E-state index contributed by atoms with van der Waals surface area (Å²) in [4.78, 5) is 18.6. The molecule has 5 nitrogen and oxygen atoms in total. The first kappa shape index (κ1) is 15.6. The number of carbonyl (C=O) groups excluding carboxylic acids is 1. The van der Waals surface area contributed by atoms with Crippen molar-refractivity contribution in [2.75, 3.05) is 18.9 Å². The SMILES string of the molecule is CNc1ncc([C@H]2CCCN2C(=O)OC(C)(C)C)cc1C. The summed E-state index contributed by atoms with van der Waals surface area (Å²) >= 11 is 0. The van der Waals surface area contributed by atoms with Crippen molar-refractivity contribution in [2.45, 2.75) is 52.2 Å². The van der Waals surface area contributed by atoms with Crippen molar-refractivity contribution in [2.24, 2.45) is 0 Å². The van der Waals surface area contributed by atoms with Gasteiger partial charge in [-0.15, -0.1) is 0 Å². The molecule has 0 radical (unpaired) electrons. The molecule has 21 heavy (non-hydrogen) atoms. The maximum atomic E-state index is 12.3. The molecule has 0 aliphatic carbocycles. The minimum absolute atomic E-state index is 0.0666. The van der Waals surface area contributed by atoms with Gasteiger partial charge in [0.15, 0.2) is 0 Å². The van der Waals surface area contributed by atoms with E-state index in [1.165, 1.54) is 0 Å². The number of nitrogens with zero attached hydrogens (tertiary/aromatic N) is 2. The molecule has 1 aromatic heterocycles. The monoisotopic (exact) mass is 291 g/mol. The van der Waals surface area contributed by atoms with Crippen molar-refractivity contribution < 1.29 is 9.53 Å². The number of likely N-dealkylation sites (tertiary alicyclic amines) is 1. The Labute approximate surface area is 126 Å². The zero-order valence-corrected chi connectivity index (χ0v) is 13.6. The van der Waals surface area contributed by atoms with E-state index in [0.717, 1.165) is 36.3 Å². The van der Waals surface area contributed by atoms with Crippen LogP contribution in [0.2, 0.25) is 0 Å². The lowest BCUT2D eigenvalue weighted by Crippen LogP contribution is -2.36. The van der Waals surface area contributed by atoms with E-state index in [-0.39, 0.29) is 12.1 Å². The highest BCUT2D eigenvalue weighted by Gasteiger charge is 2.33. The average Bonchev–Trinajstić information content (AvgIpc) is 2.85. The van der Waals surface area contributed by atoms with Gasteiger partial charge in [0.05, 0.1) is 6.04 Å². The fourth-order valence-electron chi connectivity index (χ4n) is 2.69. The molecule has 2 rings (SSSR count). The van der Waals surface area contributed by atoms with Gasteiger partial charge >= 0.3 is 6.09 Å². The van der Waals surface area contributed by atoms with Crippen LogP contribution >= 0.6 is 0 Å². The maximum absolute atomic E-state index is 12.3. The number of hydrogen-bond donors (Lipinski definition) is 1. The van der Waals surface area contributed by atoms with Gasteiger partial charge < -0.3 is 15.0 Å². The van der Waals surface area contributed by atoms with E-state index in [1.54, 1.807) is 0 Å². The molecule has 0 unspecified atom stereocenters. The first-order valence-corrected chi connectivity index (χ1v) is 7.46. The number of aromatic nitrogens is 1. The summed E-state index contributed by atoms with van der Waals surface area (Å²) in [5.74, 6) is 0.876. The summed E-state index contributed by atoms with van der Waals surface area (Å²) < 4.78 is 5.50. The standard InChI is InChI=1S/C16H25N3O2/c1-11-9-12(10-18-14(11)17-5)13-7-6-8-19(13)15(20)21-16(2,3)4/h9-10,13H,6-8H2,1-5H3,(H,17,18)/t13-/m1/s1. The maximum Gasteiger partial charge on any atom is 0.410 e. The highest BCUT2D eigenvalue weighted by Crippen LogP contribution is 2.33. The van der Waals surface area contributed by atoms with Gasteiger partial charge in [-0.3, -0.25) is 0 Å². The number of nitrogens with one attached hydrogen (secondary N) is 1. The summed E-state index contributed by atoms with van der Waals surface area (Å²) in [6, 6.07) is 2.17. The fourth-order valence-corrected chi connectivity index (χ4v) is 2.69. The Morgan fingerprint density at radius 2 is 2.19 bits per heavy atom. The molecule has 0 spiro atoms. The molecular weight excluding hydrogens is 266 g/mol. The van der Waals surface area contributed by atoms with Crippen LogP contribution in [-0.4, -0.2) is 35.2 Å². The molecule has 0 saturated carbocycles. The smallest absolute Gasteiger partial charge is 0.410 e. The molecule has 116 valence electrons. The van der Waals surface area contributed by atoms with E-state index in [2.05, 4.69) is 16.4 Å². The fraction of sp³-hybridized carbons (Fsp3) is 0.625. The van der Waals surface area contributed by atoms with E-state index < -0.39 is 5.60 Å². The number of ether oxygens (including phenoxy) is 1. The summed E-state index contributed by atoms with van der Waals surface area (Å²) in [6.07, 6.45) is 3.57. The molecular formula is C16H25N3O2. The summed E-state index contributed by atoms with van der Waals surface area (Å²) in [5, 5.41) is 3.06. The van der Waals surface area contributed by atoms with Crippen molar-refractivity contribution in [3.8, 4) is 0 Å². The van der Waals surface area contributed by atoms with E-state index in [1.807, 2.05) is 45.8 Å². The number of hydrogen-bond acceptors (Lipinski definition) is 4. The predicted molar refractivity (Wildman–Crippen MR) is 83.4 cm³/mol. The lowest BCUT2D eigenvalue weighted by Gasteiger charge is -2.29. The summed E-state index contributed by atoms with van der Waals surface area (Å²) in [7, 11) is 1.86. The molecule has 1 amide bonds. The Morgan fingerprint density at radius 3 is 2.76 bits per heavy atom. The molecule has 5 heteroatoms. The van der Waals surface area contributed by atoms with Crippen LogP contribution in [0.1, 0.15) is 50.8 Å². The lowest BCUT2D eigenvalue weighted by atomic mass is 10.0. The van der Waals surface area contributed by atoms with Crippen LogP contribution in [0.3, 0.4) is 0 Å². The van der Waals surface area contributed by atoms with Crippen LogP contribution < -0.4 is 5.32 Å². The Kier molecular flexibility index (Phi) is 4.40. The second kappa shape index (κ2) is 5.92. The van der Waals surface area contributed by atoms with E-state index >= 15 is 0 Å². The third-order valence-electron chi connectivity index (χ3n) is 3.60. The molecule has 1 fully saturated rings. The highest BCUT2D eigenvalue weighted by atomic mass is 16.6. The van der Waals surface area contributed by atoms with Crippen LogP contribution in [-0.2, 0) is 4.74 Å². The molecule has 0 aromatic carbocycles. The van der Waals surface area contributed by atoms with Crippen LogP contribution in [0.25, 0.3) is 0 Å². The van der Waals surface area contributed by atoms with Gasteiger partial charge in [0.25, 0.3) is 0 Å². The van der Waals surface area contributed by atoms with Crippen molar-refractivity contribution in [3.63, 3.8) is 0 Å². The minimum Gasteiger partial charge on any atom is -0.444 e. The van der Waals surface area contributed by atoms with Gasteiger partial charge in [-0.1, -0.05) is 0 Å². The van der Waals surface area contributed by atoms with Gasteiger partial charge in [0, 0.05) is 19.8 Å². The van der Waals surface area contributed by atoms with Crippen LogP contribution in [0.5, 0.6) is 0 Å². The number of carbonyl (C=O) groups is 1. The highest BCUT2D eigenvalue weighted by molar-refractivity contribution is 5.69. The lowest BCUT2D eigenvalue weighted by molar-refractivity contribution is 0.0224. The third-order valence-corrected chi connectivity index (χ3v) is 3.60. The van der Waals surface area contributed by atoms with Gasteiger partial charge in [-0.2, -0.15) is 0 Å². The second-order valence-electron chi connectivity index (χ2n) is 6.52. The van der Waals surface area contributed by atoms with E-state index in [0.29, 0.717) is 0 Å². The predicted octanol–water partition coefficient (Wildman–Crippen LogP) is 3.50. The van der Waals surface area contributed by atoms with Crippen LogP contribution in [0, 0.1) is 6.92 Å². The Balaban J connectivity index is 2.18. The number of amides is 1.